The molecule has 1 atom stereocenters. The van der Waals surface area contributed by atoms with E-state index in [9.17, 15) is 4.39 Å². The standard InChI is InChI=1S/C17H17BrFNO/c1-17(20,14-4-2-3-5-15(14)19)10-12-9-13(18)8-11-6-7-21-16(11)12/h2-5,8-9H,6-7,10,20H2,1H3. The van der Waals surface area contributed by atoms with Crippen molar-refractivity contribution in [3.05, 3.63) is 63.4 Å². The summed E-state index contributed by atoms with van der Waals surface area (Å²) in [6.07, 6.45) is 1.43. The first-order valence-corrected chi connectivity index (χ1v) is 7.75. The van der Waals surface area contributed by atoms with Crippen molar-refractivity contribution >= 4 is 15.9 Å². The molecule has 2 aromatic rings. The van der Waals surface area contributed by atoms with Gasteiger partial charge in [0.05, 0.1) is 6.61 Å². The number of ether oxygens (including phenoxy) is 1. The fraction of sp³-hybridized carbons (Fsp3) is 0.294. The highest BCUT2D eigenvalue weighted by molar-refractivity contribution is 9.10. The largest absolute Gasteiger partial charge is 0.493 e. The summed E-state index contributed by atoms with van der Waals surface area (Å²) in [6.45, 7) is 2.55. The number of benzene rings is 2. The zero-order chi connectivity index (χ0) is 15.0. The van der Waals surface area contributed by atoms with Gasteiger partial charge in [-0.05, 0) is 42.7 Å². The third-order valence-corrected chi connectivity index (χ3v) is 4.33. The smallest absolute Gasteiger partial charge is 0.128 e. The number of hydrogen-bond acceptors (Lipinski definition) is 2. The second-order valence-electron chi connectivity index (χ2n) is 5.73. The van der Waals surface area contributed by atoms with Gasteiger partial charge in [-0.2, -0.15) is 0 Å². The Balaban J connectivity index is 1.99. The number of rotatable bonds is 3. The first kappa shape index (κ1) is 14.5. The summed E-state index contributed by atoms with van der Waals surface area (Å²) < 4.78 is 20.8. The van der Waals surface area contributed by atoms with Crippen molar-refractivity contribution in [3.8, 4) is 5.75 Å². The maximum absolute atomic E-state index is 14.0. The molecule has 0 bridgehead atoms. The first-order chi connectivity index (χ1) is 9.97. The third-order valence-electron chi connectivity index (χ3n) is 3.87. The molecule has 0 saturated heterocycles. The summed E-state index contributed by atoms with van der Waals surface area (Å²) >= 11 is 3.52. The molecule has 0 fully saturated rings. The van der Waals surface area contributed by atoms with E-state index in [1.807, 2.05) is 19.1 Å². The van der Waals surface area contributed by atoms with Crippen LogP contribution in [0.25, 0.3) is 0 Å². The molecule has 0 aliphatic carbocycles. The molecule has 110 valence electrons. The molecule has 1 aliphatic rings. The van der Waals surface area contributed by atoms with Crippen LogP contribution in [0.15, 0.2) is 40.9 Å². The molecule has 0 radical (unpaired) electrons. The molecule has 0 saturated carbocycles. The minimum absolute atomic E-state index is 0.268. The van der Waals surface area contributed by atoms with Crippen LogP contribution >= 0.6 is 15.9 Å². The molecule has 2 aromatic carbocycles. The molecule has 2 N–H and O–H groups in total. The van der Waals surface area contributed by atoms with Crippen molar-refractivity contribution in [2.45, 2.75) is 25.3 Å². The Morgan fingerprint density at radius 1 is 1.33 bits per heavy atom. The van der Waals surface area contributed by atoms with Crippen LogP contribution in [0, 0.1) is 5.82 Å². The maximum atomic E-state index is 14.0. The van der Waals surface area contributed by atoms with Crippen molar-refractivity contribution < 1.29 is 9.13 Å². The number of nitrogens with two attached hydrogens (primary N) is 1. The number of hydrogen-bond donors (Lipinski definition) is 1. The van der Waals surface area contributed by atoms with E-state index in [4.69, 9.17) is 10.5 Å². The zero-order valence-electron chi connectivity index (χ0n) is 11.8. The van der Waals surface area contributed by atoms with Gasteiger partial charge in [0.1, 0.15) is 11.6 Å². The van der Waals surface area contributed by atoms with E-state index in [1.54, 1.807) is 12.1 Å². The Bertz CT molecular complexity index is 684. The minimum Gasteiger partial charge on any atom is -0.493 e. The van der Waals surface area contributed by atoms with Crippen LogP contribution in [0.1, 0.15) is 23.6 Å². The molecule has 0 amide bonds. The third kappa shape index (κ3) is 2.83. The molecule has 4 heteroatoms. The minimum atomic E-state index is -0.786. The molecular formula is C17H17BrFNO. The molecular weight excluding hydrogens is 333 g/mol. The molecule has 1 aliphatic heterocycles. The van der Waals surface area contributed by atoms with Gasteiger partial charge >= 0.3 is 0 Å². The predicted molar refractivity (Wildman–Crippen MR) is 85.0 cm³/mol. The van der Waals surface area contributed by atoms with Gasteiger partial charge in [0.2, 0.25) is 0 Å². The summed E-state index contributed by atoms with van der Waals surface area (Å²) in [5, 5.41) is 0. The summed E-state index contributed by atoms with van der Waals surface area (Å²) in [5.41, 5.74) is 8.35. The average Bonchev–Trinajstić information content (AvgIpc) is 2.86. The highest BCUT2D eigenvalue weighted by Gasteiger charge is 2.28. The van der Waals surface area contributed by atoms with E-state index in [0.717, 1.165) is 22.2 Å². The molecule has 21 heavy (non-hydrogen) atoms. The van der Waals surface area contributed by atoms with Crippen molar-refractivity contribution in [1.82, 2.24) is 0 Å². The highest BCUT2D eigenvalue weighted by Crippen LogP contribution is 2.36. The first-order valence-electron chi connectivity index (χ1n) is 6.95. The van der Waals surface area contributed by atoms with Crippen LogP contribution in [0.3, 0.4) is 0 Å². The Hall–Kier alpha value is -1.39. The van der Waals surface area contributed by atoms with Gasteiger partial charge in [0, 0.05) is 22.0 Å². The normalized spacial score (nSPS) is 16.2. The quantitative estimate of drug-likeness (QED) is 0.910. The van der Waals surface area contributed by atoms with Crippen LogP contribution in [0.4, 0.5) is 4.39 Å². The molecule has 3 rings (SSSR count). The topological polar surface area (TPSA) is 35.2 Å². The van der Waals surface area contributed by atoms with Crippen molar-refractivity contribution in [2.75, 3.05) is 6.61 Å². The summed E-state index contributed by atoms with van der Waals surface area (Å²) in [4.78, 5) is 0. The summed E-state index contributed by atoms with van der Waals surface area (Å²) in [6, 6.07) is 10.8. The van der Waals surface area contributed by atoms with Crippen LogP contribution in [-0.2, 0) is 18.4 Å². The lowest BCUT2D eigenvalue weighted by Gasteiger charge is -2.26. The number of fused-ring (bicyclic) bond motifs is 1. The van der Waals surface area contributed by atoms with E-state index in [0.29, 0.717) is 18.6 Å². The van der Waals surface area contributed by atoms with E-state index in [2.05, 4.69) is 22.0 Å². The monoisotopic (exact) mass is 349 g/mol. The van der Waals surface area contributed by atoms with Gasteiger partial charge in [-0.1, -0.05) is 34.1 Å². The van der Waals surface area contributed by atoms with Crippen molar-refractivity contribution in [1.29, 1.82) is 0 Å². The summed E-state index contributed by atoms with van der Waals surface area (Å²) in [5.74, 6) is 0.640. The zero-order valence-corrected chi connectivity index (χ0v) is 13.4. The van der Waals surface area contributed by atoms with Crippen molar-refractivity contribution in [3.63, 3.8) is 0 Å². The Morgan fingerprint density at radius 3 is 2.86 bits per heavy atom. The van der Waals surface area contributed by atoms with E-state index < -0.39 is 5.54 Å². The maximum Gasteiger partial charge on any atom is 0.128 e. The molecule has 1 unspecified atom stereocenters. The molecule has 2 nitrogen and oxygen atoms in total. The fourth-order valence-corrected chi connectivity index (χ4v) is 3.45. The number of halogens is 2. The van der Waals surface area contributed by atoms with Crippen LogP contribution in [0.2, 0.25) is 0 Å². The van der Waals surface area contributed by atoms with Gasteiger partial charge < -0.3 is 10.5 Å². The fourth-order valence-electron chi connectivity index (χ4n) is 2.89. The van der Waals surface area contributed by atoms with E-state index in [-0.39, 0.29) is 5.82 Å². The highest BCUT2D eigenvalue weighted by atomic mass is 79.9. The molecule has 0 aromatic heterocycles. The van der Waals surface area contributed by atoms with E-state index >= 15 is 0 Å². The van der Waals surface area contributed by atoms with Gasteiger partial charge in [-0.3, -0.25) is 0 Å². The molecule has 0 spiro atoms. The Morgan fingerprint density at radius 2 is 2.10 bits per heavy atom. The Labute approximate surface area is 132 Å². The summed E-state index contributed by atoms with van der Waals surface area (Å²) in [7, 11) is 0. The van der Waals surface area contributed by atoms with E-state index in [1.165, 1.54) is 11.6 Å². The van der Waals surface area contributed by atoms with Gasteiger partial charge in [0.15, 0.2) is 0 Å². The lowest BCUT2D eigenvalue weighted by Crippen LogP contribution is -2.36. The second kappa shape index (κ2) is 5.43. The van der Waals surface area contributed by atoms with Gasteiger partial charge in [-0.25, -0.2) is 4.39 Å². The Kier molecular flexibility index (Phi) is 3.76. The van der Waals surface area contributed by atoms with Gasteiger partial charge in [0.25, 0.3) is 0 Å². The predicted octanol–water partition coefficient (Wildman–Crippen LogP) is 3.94. The van der Waals surface area contributed by atoms with Crippen molar-refractivity contribution in [2.24, 2.45) is 5.73 Å². The molecule has 1 heterocycles. The SMILES string of the molecule is CC(N)(Cc1cc(Br)cc2c1OCC2)c1ccccc1F. The van der Waals surface area contributed by atoms with Crippen LogP contribution in [0.5, 0.6) is 5.75 Å². The van der Waals surface area contributed by atoms with Crippen LogP contribution in [-0.4, -0.2) is 6.61 Å². The van der Waals surface area contributed by atoms with Gasteiger partial charge in [-0.15, -0.1) is 0 Å². The lowest BCUT2D eigenvalue weighted by molar-refractivity contribution is 0.348. The van der Waals surface area contributed by atoms with Crippen LogP contribution < -0.4 is 10.5 Å². The second-order valence-corrected chi connectivity index (χ2v) is 6.64. The lowest BCUT2D eigenvalue weighted by atomic mass is 9.85. The average molecular weight is 350 g/mol.